The molecule has 0 aliphatic carbocycles. The van der Waals surface area contributed by atoms with Crippen molar-refractivity contribution in [1.29, 1.82) is 0 Å². The second kappa shape index (κ2) is 3.84. The third-order valence-corrected chi connectivity index (χ3v) is 3.61. The molecular weight excluding hydrogens is 259 g/mol. The van der Waals surface area contributed by atoms with Crippen LogP contribution in [0.4, 0.5) is 18.9 Å². The van der Waals surface area contributed by atoms with Gasteiger partial charge in [0.05, 0.1) is 12.4 Å². The average Bonchev–Trinajstić information content (AvgIpc) is 2.21. The molecule has 1 aliphatic rings. The van der Waals surface area contributed by atoms with Gasteiger partial charge < -0.3 is 4.90 Å². The molecule has 1 N–H and O–H groups in total. The predicted molar refractivity (Wildman–Crippen MR) is 52.8 cm³/mol. The molecule has 17 heavy (non-hydrogen) atoms. The molecule has 0 atom stereocenters. The van der Waals surface area contributed by atoms with E-state index >= 15 is 0 Å². The van der Waals surface area contributed by atoms with Gasteiger partial charge in [0.15, 0.2) is 0 Å². The van der Waals surface area contributed by atoms with Crippen molar-refractivity contribution < 1.29 is 21.6 Å². The van der Waals surface area contributed by atoms with E-state index in [1.165, 1.54) is 12.3 Å². The summed E-state index contributed by atoms with van der Waals surface area (Å²) in [5.41, 5.74) is 0.0103. The Hall–Kier alpha value is -1.35. The van der Waals surface area contributed by atoms with E-state index in [9.17, 15) is 21.6 Å². The molecule has 2 heterocycles. The Labute approximate surface area is 95.3 Å². The normalized spacial score (nSPS) is 18.9. The van der Waals surface area contributed by atoms with E-state index in [0.29, 0.717) is 0 Å². The van der Waals surface area contributed by atoms with Crippen molar-refractivity contribution in [2.24, 2.45) is 0 Å². The van der Waals surface area contributed by atoms with Crippen LogP contribution in [0.25, 0.3) is 0 Å². The van der Waals surface area contributed by atoms with Crippen LogP contribution in [0.2, 0.25) is 0 Å². The van der Waals surface area contributed by atoms with Gasteiger partial charge in [0, 0.05) is 12.4 Å². The van der Waals surface area contributed by atoms with Gasteiger partial charge in [-0.1, -0.05) is 0 Å². The van der Waals surface area contributed by atoms with E-state index in [1.54, 1.807) is 0 Å². The summed E-state index contributed by atoms with van der Waals surface area (Å²) in [5, 5.41) is 0. The van der Waals surface area contributed by atoms with Gasteiger partial charge in [0.2, 0.25) is 10.0 Å². The number of pyridine rings is 1. The first kappa shape index (κ1) is 12.1. The van der Waals surface area contributed by atoms with Gasteiger partial charge in [-0.3, -0.25) is 4.98 Å². The zero-order valence-electron chi connectivity index (χ0n) is 8.40. The molecule has 9 heteroatoms. The molecule has 0 unspecified atom stereocenters. The standard InChI is InChI=1S/C8H8F3N3O2S/c9-8(10,11)4-14-5-13-17(15,16)7-3-12-2-1-6(7)14/h1-3,13H,4-5H2. The molecule has 0 spiro atoms. The fourth-order valence-corrected chi connectivity index (χ4v) is 2.68. The Morgan fingerprint density at radius 2 is 2.18 bits per heavy atom. The molecular formula is C8H8F3N3O2S. The number of fused-ring (bicyclic) bond motifs is 1. The SMILES string of the molecule is O=S1(=O)NCN(CC(F)(F)F)c2ccncc21. The number of hydrogen-bond acceptors (Lipinski definition) is 4. The minimum Gasteiger partial charge on any atom is -0.347 e. The number of halogens is 3. The summed E-state index contributed by atoms with van der Waals surface area (Å²) < 4.78 is 62.0. The molecule has 1 aromatic heterocycles. The maximum absolute atomic E-state index is 12.3. The quantitative estimate of drug-likeness (QED) is 0.813. The van der Waals surface area contributed by atoms with Gasteiger partial charge in [0.1, 0.15) is 11.4 Å². The molecule has 0 fully saturated rings. The summed E-state index contributed by atoms with van der Waals surface area (Å²) in [5.74, 6) is 0. The lowest BCUT2D eigenvalue weighted by molar-refractivity contribution is -0.119. The Morgan fingerprint density at radius 1 is 1.47 bits per heavy atom. The van der Waals surface area contributed by atoms with Crippen LogP contribution in [-0.2, 0) is 10.0 Å². The topological polar surface area (TPSA) is 62.3 Å². The number of anilines is 1. The Morgan fingerprint density at radius 3 is 2.82 bits per heavy atom. The fourth-order valence-electron chi connectivity index (χ4n) is 1.52. The highest BCUT2D eigenvalue weighted by molar-refractivity contribution is 7.89. The molecule has 0 amide bonds. The summed E-state index contributed by atoms with van der Waals surface area (Å²) in [6.07, 6.45) is -2.12. The summed E-state index contributed by atoms with van der Waals surface area (Å²) in [6, 6.07) is 1.25. The first-order chi connectivity index (χ1) is 7.80. The van der Waals surface area contributed by atoms with E-state index < -0.39 is 29.4 Å². The van der Waals surface area contributed by atoms with Gasteiger partial charge in [-0.05, 0) is 6.07 Å². The van der Waals surface area contributed by atoms with Gasteiger partial charge >= 0.3 is 6.18 Å². The highest BCUT2D eigenvalue weighted by Gasteiger charge is 2.36. The highest BCUT2D eigenvalue weighted by atomic mass is 32.2. The lowest BCUT2D eigenvalue weighted by Crippen LogP contribution is -2.46. The van der Waals surface area contributed by atoms with Crippen LogP contribution in [0.15, 0.2) is 23.4 Å². The summed E-state index contributed by atoms with van der Waals surface area (Å²) >= 11 is 0. The van der Waals surface area contributed by atoms with Crippen molar-refractivity contribution in [3.63, 3.8) is 0 Å². The third-order valence-electron chi connectivity index (χ3n) is 2.21. The fraction of sp³-hybridized carbons (Fsp3) is 0.375. The number of hydrogen-bond donors (Lipinski definition) is 1. The van der Waals surface area contributed by atoms with Crippen LogP contribution >= 0.6 is 0 Å². The smallest absolute Gasteiger partial charge is 0.347 e. The second-order valence-corrected chi connectivity index (χ2v) is 5.20. The van der Waals surface area contributed by atoms with Crippen LogP contribution in [0.1, 0.15) is 0 Å². The number of rotatable bonds is 1. The largest absolute Gasteiger partial charge is 0.405 e. The number of nitrogens with one attached hydrogen (secondary N) is 1. The van der Waals surface area contributed by atoms with Crippen LogP contribution in [0, 0.1) is 0 Å². The zero-order valence-corrected chi connectivity index (χ0v) is 9.22. The molecule has 1 aromatic rings. The molecule has 0 saturated carbocycles. The van der Waals surface area contributed by atoms with Crippen molar-refractivity contribution in [2.75, 3.05) is 18.1 Å². The number of sulfonamides is 1. The summed E-state index contributed by atoms with van der Waals surface area (Å²) in [7, 11) is -3.75. The van der Waals surface area contributed by atoms with Crippen molar-refractivity contribution in [1.82, 2.24) is 9.71 Å². The van der Waals surface area contributed by atoms with Crippen molar-refractivity contribution in [3.8, 4) is 0 Å². The van der Waals surface area contributed by atoms with E-state index in [0.717, 1.165) is 11.1 Å². The average molecular weight is 267 g/mol. The predicted octanol–water partition coefficient (Wildman–Crippen LogP) is 0.700. The lowest BCUT2D eigenvalue weighted by atomic mass is 10.3. The Balaban J connectivity index is 2.42. The van der Waals surface area contributed by atoms with Crippen LogP contribution in [0.5, 0.6) is 0 Å². The molecule has 2 rings (SSSR count). The summed E-state index contributed by atoms with van der Waals surface area (Å²) in [4.78, 5) is 4.26. The van der Waals surface area contributed by atoms with Crippen LogP contribution in [0.3, 0.4) is 0 Å². The summed E-state index contributed by atoms with van der Waals surface area (Å²) in [6.45, 7) is -1.62. The minimum atomic E-state index is -4.40. The van der Waals surface area contributed by atoms with Gasteiger partial charge in [-0.2, -0.15) is 17.9 Å². The van der Waals surface area contributed by atoms with Crippen LogP contribution in [-0.4, -0.2) is 32.8 Å². The number of nitrogens with zero attached hydrogens (tertiary/aromatic N) is 2. The molecule has 94 valence electrons. The van der Waals surface area contributed by atoms with E-state index in [2.05, 4.69) is 4.98 Å². The van der Waals surface area contributed by atoms with Gasteiger partial charge in [-0.25, -0.2) is 8.42 Å². The first-order valence-electron chi connectivity index (χ1n) is 4.55. The molecule has 0 saturated heterocycles. The minimum absolute atomic E-state index is 0.0103. The first-order valence-corrected chi connectivity index (χ1v) is 6.03. The second-order valence-electron chi connectivity index (χ2n) is 3.46. The molecule has 0 aromatic carbocycles. The number of alkyl halides is 3. The zero-order chi connectivity index (χ0) is 12.7. The maximum atomic E-state index is 12.3. The number of aromatic nitrogens is 1. The van der Waals surface area contributed by atoms with Crippen molar-refractivity contribution >= 4 is 15.7 Å². The van der Waals surface area contributed by atoms with Gasteiger partial charge in [0.25, 0.3) is 0 Å². The van der Waals surface area contributed by atoms with E-state index in [1.807, 2.05) is 4.72 Å². The van der Waals surface area contributed by atoms with E-state index in [4.69, 9.17) is 0 Å². The van der Waals surface area contributed by atoms with Crippen LogP contribution < -0.4 is 9.62 Å². The Kier molecular flexibility index (Phi) is 2.74. The molecule has 1 aliphatic heterocycles. The van der Waals surface area contributed by atoms with Crippen molar-refractivity contribution in [2.45, 2.75) is 11.1 Å². The third kappa shape index (κ3) is 2.50. The van der Waals surface area contributed by atoms with E-state index in [-0.39, 0.29) is 10.6 Å². The lowest BCUT2D eigenvalue weighted by Gasteiger charge is -2.31. The molecule has 0 bridgehead atoms. The molecule has 0 radical (unpaired) electrons. The molecule has 5 nitrogen and oxygen atoms in total. The Bertz CT molecular complexity index is 529. The highest BCUT2D eigenvalue weighted by Crippen LogP contribution is 2.29. The van der Waals surface area contributed by atoms with Crippen molar-refractivity contribution in [3.05, 3.63) is 18.5 Å². The van der Waals surface area contributed by atoms with Gasteiger partial charge in [-0.15, -0.1) is 0 Å². The monoisotopic (exact) mass is 267 g/mol. The maximum Gasteiger partial charge on any atom is 0.405 e.